The smallest absolute Gasteiger partial charge is 0.265 e. The van der Waals surface area contributed by atoms with Gasteiger partial charge in [0.1, 0.15) is 4.88 Å². The fourth-order valence-corrected chi connectivity index (χ4v) is 3.73. The Balaban J connectivity index is 1.83. The van der Waals surface area contributed by atoms with Crippen LogP contribution in [0.15, 0.2) is 36.5 Å². The van der Waals surface area contributed by atoms with Crippen LogP contribution in [0.3, 0.4) is 0 Å². The quantitative estimate of drug-likeness (QED) is 0.927. The molecule has 0 bridgehead atoms. The highest BCUT2D eigenvalue weighted by Gasteiger charge is 2.42. The van der Waals surface area contributed by atoms with E-state index in [1.807, 2.05) is 11.0 Å². The van der Waals surface area contributed by atoms with Gasteiger partial charge in [-0.15, -0.1) is 0 Å². The number of thiazole rings is 1. The number of aromatic nitrogens is 1. The van der Waals surface area contributed by atoms with Gasteiger partial charge in [0.15, 0.2) is 5.13 Å². The second-order valence-electron chi connectivity index (χ2n) is 6.20. The zero-order valence-electron chi connectivity index (χ0n) is 12.2. The third-order valence-electron chi connectivity index (χ3n) is 4.17. The fourth-order valence-electron chi connectivity index (χ4n) is 3.07. The monoisotopic (exact) mass is 301 g/mol. The summed E-state index contributed by atoms with van der Waals surface area (Å²) in [4.78, 5) is 19.1. The Morgan fingerprint density at radius 1 is 1.38 bits per heavy atom. The number of hydrogen-bond acceptors (Lipinski definition) is 4. The van der Waals surface area contributed by atoms with Crippen molar-refractivity contribution >= 4 is 22.4 Å². The Morgan fingerprint density at radius 2 is 2.10 bits per heavy atom. The van der Waals surface area contributed by atoms with E-state index in [1.54, 1.807) is 6.20 Å². The Bertz CT molecular complexity index is 651. The summed E-state index contributed by atoms with van der Waals surface area (Å²) in [7, 11) is 0. The zero-order valence-corrected chi connectivity index (χ0v) is 13.1. The molecule has 5 heteroatoms. The molecule has 0 spiro atoms. The van der Waals surface area contributed by atoms with Crippen LogP contribution in [0.4, 0.5) is 5.13 Å². The molecule has 0 radical (unpaired) electrons. The number of nitrogens with zero attached hydrogens (tertiary/aromatic N) is 2. The number of anilines is 1. The summed E-state index contributed by atoms with van der Waals surface area (Å²) in [5, 5.41) is 0.441. The van der Waals surface area contributed by atoms with Gasteiger partial charge in [0, 0.05) is 19.0 Å². The number of carbonyl (C=O) groups excluding carboxylic acids is 1. The number of nitrogen functional groups attached to an aromatic ring is 1. The van der Waals surface area contributed by atoms with Gasteiger partial charge in [0.2, 0.25) is 0 Å². The summed E-state index contributed by atoms with van der Waals surface area (Å²) in [5.74, 6) is 0.392. The van der Waals surface area contributed by atoms with Crippen LogP contribution in [0.1, 0.15) is 35.0 Å². The van der Waals surface area contributed by atoms with Crippen molar-refractivity contribution in [2.24, 2.45) is 5.41 Å². The molecule has 0 saturated carbocycles. The Hall–Kier alpha value is -1.88. The molecule has 3 rings (SSSR count). The van der Waals surface area contributed by atoms with Crippen molar-refractivity contribution in [2.45, 2.75) is 19.8 Å². The minimum Gasteiger partial charge on any atom is -0.375 e. The highest BCUT2D eigenvalue weighted by Crippen LogP contribution is 2.42. The number of benzene rings is 1. The minimum atomic E-state index is 0.0377. The normalized spacial score (nSPS) is 20.7. The van der Waals surface area contributed by atoms with Crippen LogP contribution in [0.5, 0.6) is 0 Å². The summed E-state index contributed by atoms with van der Waals surface area (Å²) >= 11 is 1.26. The van der Waals surface area contributed by atoms with Gasteiger partial charge in [-0.05, 0) is 11.0 Å². The van der Waals surface area contributed by atoms with Crippen molar-refractivity contribution in [1.82, 2.24) is 9.88 Å². The number of nitrogens with two attached hydrogens (primary N) is 1. The summed E-state index contributed by atoms with van der Waals surface area (Å²) < 4.78 is 0. The first kappa shape index (κ1) is 14.1. The van der Waals surface area contributed by atoms with E-state index in [0.717, 1.165) is 13.1 Å². The lowest BCUT2D eigenvalue weighted by molar-refractivity contribution is 0.0782. The minimum absolute atomic E-state index is 0.0377. The number of amides is 1. The topological polar surface area (TPSA) is 59.2 Å². The van der Waals surface area contributed by atoms with E-state index in [1.165, 1.54) is 16.9 Å². The van der Waals surface area contributed by atoms with Gasteiger partial charge in [-0.2, -0.15) is 0 Å². The molecule has 1 unspecified atom stereocenters. The third-order valence-corrected chi connectivity index (χ3v) is 4.98. The predicted molar refractivity (Wildman–Crippen MR) is 85.4 cm³/mol. The molecule has 0 aliphatic carbocycles. The predicted octanol–water partition coefficient (Wildman–Crippen LogP) is 2.99. The van der Waals surface area contributed by atoms with Crippen LogP contribution in [0.25, 0.3) is 0 Å². The lowest BCUT2D eigenvalue weighted by Gasteiger charge is -2.25. The average molecular weight is 301 g/mol. The second kappa shape index (κ2) is 5.15. The maximum Gasteiger partial charge on any atom is 0.265 e. The molecular formula is C16H19N3OS. The SMILES string of the molecule is CC1(C)CN(C(=O)c2cnc(N)s2)CC1c1ccccc1. The molecule has 1 amide bonds. The second-order valence-corrected chi connectivity index (χ2v) is 7.26. The summed E-state index contributed by atoms with van der Waals surface area (Å²) in [6.07, 6.45) is 1.57. The van der Waals surface area contributed by atoms with Crippen LogP contribution in [-0.2, 0) is 0 Å². The lowest BCUT2D eigenvalue weighted by atomic mass is 9.78. The Kier molecular flexibility index (Phi) is 3.45. The molecule has 1 saturated heterocycles. The molecule has 2 N–H and O–H groups in total. The summed E-state index contributed by atoms with van der Waals surface area (Å²) in [6, 6.07) is 10.4. The van der Waals surface area contributed by atoms with E-state index in [9.17, 15) is 4.79 Å². The van der Waals surface area contributed by atoms with E-state index < -0.39 is 0 Å². The molecule has 2 aromatic rings. The third kappa shape index (κ3) is 2.65. The zero-order chi connectivity index (χ0) is 15.0. The van der Waals surface area contributed by atoms with Crippen LogP contribution in [0, 0.1) is 5.41 Å². The van der Waals surface area contributed by atoms with Gasteiger partial charge in [-0.25, -0.2) is 4.98 Å². The molecule has 1 aromatic carbocycles. The first-order chi connectivity index (χ1) is 9.97. The molecule has 21 heavy (non-hydrogen) atoms. The first-order valence-electron chi connectivity index (χ1n) is 7.03. The van der Waals surface area contributed by atoms with E-state index in [0.29, 0.717) is 15.9 Å². The van der Waals surface area contributed by atoms with Gasteiger partial charge in [0.05, 0.1) is 6.20 Å². The van der Waals surface area contributed by atoms with E-state index in [4.69, 9.17) is 5.73 Å². The van der Waals surface area contributed by atoms with Gasteiger partial charge in [-0.3, -0.25) is 4.79 Å². The highest BCUT2D eigenvalue weighted by molar-refractivity contribution is 7.17. The molecule has 4 nitrogen and oxygen atoms in total. The van der Waals surface area contributed by atoms with Crippen molar-refractivity contribution < 1.29 is 4.79 Å². The number of carbonyl (C=O) groups is 1. The Morgan fingerprint density at radius 3 is 2.71 bits per heavy atom. The molecule has 1 aliphatic heterocycles. The van der Waals surface area contributed by atoms with E-state index in [-0.39, 0.29) is 11.3 Å². The van der Waals surface area contributed by atoms with Crippen LogP contribution in [0.2, 0.25) is 0 Å². The van der Waals surface area contributed by atoms with Crippen molar-refractivity contribution in [3.63, 3.8) is 0 Å². The van der Waals surface area contributed by atoms with Crippen LogP contribution >= 0.6 is 11.3 Å². The summed E-state index contributed by atoms with van der Waals surface area (Å²) in [5.41, 5.74) is 6.98. The fraction of sp³-hybridized carbons (Fsp3) is 0.375. The summed E-state index contributed by atoms with van der Waals surface area (Å²) in [6.45, 7) is 5.94. The molecule has 1 fully saturated rings. The Labute approximate surface area is 128 Å². The van der Waals surface area contributed by atoms with Gasteiger partial charge < -0.3 is 10.6 Å². The first-order valence-corrected chi connectivity index (χ1v) is 7.84. The van der Waals surface area contributed by atoms with Crippen molar-refractivity contribution in [2.75, 3.05) is 18.8 Å². The molecule has 1 aliphatic rings. The largest absolute Gasteiger partial charge is 0.375 e. The molecule has 1 aromatic heterocycles. The maximum atomic E-state index is 12.6. The molecule has 2 heterocycles. The van der Waals surface area contributed by atoms with E-state index in [2.05, 4.69) is 43.1 Å². The molecule has 110 valence electrons. The van der Waals surface area contributed by atoms with Crippen molar-refractivity contribution in [3.05, 3.63) is 47.0 Å². The van der Waals surface area contributed by atoms with Gasteiger partial charge in [-0.1, -0.05) is 55.5 Å². The van der Waals surface area contributed by atoms with Gasteiger partial charge >= 0.3 is 0 Å². The number of hydrogen-bond donors (Lipinski definition) is 1. The van der Waals surface area contributed by atoms with Crippen molar-refractivity contribution in [1.29, 1.82) is 0 Å². The van der Waals surface area contributed by atoms with E-state index >= 15 is 0 Å². The molecule has 1 atom stereocenters. The maximum absolute atomic E-state index is 12.6. The lowest BCUT2D eigenvalue weighted by Crippen LogP contribution is -2.29. The van der Waals surface area contributed by atoms with Crippen LogP contribution < -0.4 is 5.73 Å². The average Bonchev–Trinajstić information content (AvgIpc) is 3.02. The van der Waals surface area contributed by atoms with Crippen molar-refractivity contribution in [3.8, 4) is 0 Å². The molecular weight excluding hydrogens is 282 g/mol. The van der Waals surface area contributed by atoms with Gasteiger partial charge in [0.25, 0.3) is 5.91 Å². The highest BCUT2D eigenvalue weighted by atomic mass is 32.1. The standard InChI is InChI=1S/C16H19N3OS/c1-16(2)10-19(14(20)13-8-18-15(17)21-13)9-12(16)11-6-4-3-5-7-11/h3-8,12H,9-10H2,1-2H3,(H2,17,18). The number of rotatable bonds is 2. The number of likely N-dealkylation sites (tertiary alicyclic amines) is 1. The van der Waals surface area contributed by atoms with Crippen LogP contribution in [-0.4, -0.2) is 28.9 Å².